The number of anilines is 1. The Morgan fingerprint density at radius 2 is 1.75 bits per heavy atom. The summed E-state index contributed by atoms with van der Waals surface area (Å²) in [5, 5.41) is 5.57. The molecule has 3 aromatic carbocycles. The van der Waals surface area contributed by atoms with E-state index in [0.717, 1.165) is 22.1 Å². The molecule has 0 heterocycles. The lowest BCUT2D eigenvalue weighted by Crippen LogP contribution is -2.19. The molecule has 0 saturated carbocycles. The maximum absolute atomic E-state index is 12.5. The van der Waals surface area contributed by atoms with Gasteiger partial charge in [-0.2, -0.15) is 0 Å². The van der Waals surface area contributed by atoms with Crippen LogP contribution in [0, 0.1) is 0 Å². The summed E-state index contributed by atoms with van der Waals surface area (Å²) < 4.78 is 5.24. The summed E-state index contributed by atoms with van der Waals surface area (Å²) in [6.45, 7) is 1.89. The molecule has 4 heteroatoms. The Morgan fingerprint density at radius 3 is 2.50 bits per heavy atom. The fourth-order valence-electron chi connectivity index (χ4n) is 2.59. The topological polar surface area (TPSA) is 38.3 Å². The van der Waals surface area contributed by atoms with Crippen molar-refractivity contribution in [3.8, 4) is 5.75 Å². The summed E-state index contributed by atoms with van der Waals surface area (Å²) in [6, 6.07) is 19.1. The van der Waals surface area contributed by atoms with Crippen molar-refractivity contribution in [2.45, 2.75) is 12.8 Å². The maximum Gasteiger partial charge on any atom is 0.231 e. The quantitative estimate of drug-likeness (QED) is 0.705. The van der Waals surface area contributed by atoms with E-state index in [2.05, 4.69) is 5.32 Å². The standard InChI is InChI=1S/C20H18ClNO2/c1-13(20(23)22-19-6-4-3-5-18(19)21)14-7-8-16-12-17(24-2)10-9-15(16)11-14/h3-13H,1-2H3,(H,22,23). The third kappa shape index (κ3) is 3.36. The van der Waals surface area contributed by atoms with Crippen LogP contribution in [0.5, 0.6) is 5.75 Å². The van der Waals surface area contributed by atoms with Crippen molar-refractivity contribution in [1.82, 2.24) is 0 Å². The molecular formula is C20H18ClNO2. The number of ether oxygens (including phenoxy) is 1. The SMILES string of the molecule is COc1ccc2cc(C(C)C(=O)Nc3ccccc3Cl)ccc2c1. The monoisotopic (exact) mass is 339 g/mol. The first-order chi connectivity index (χ1) is 11.6. The molecule has 0 aromatic heterocycles. The van der Waals surface area contributed by atoms with Gasteiger partial charge in [0.1, 0.15) is 5.75 Å². The van der Waals surface area contributed by atoms with Gasteiger partial charge in [0.15, 0.2) is 0 Å². The van der Waals surface area contributed by atoms with E-state index in [-0.39, 0.29) is 11.8 Å². The van der Waals surface area contributed by atoms with Gasteiger partial charge in [-0.05, 0) is 47.5 Å². The highest BCUT2D eigenvalue weighted by molar-refractivity contribution is 6.33. The molecule has 24 heavy (non-hydrogen) atoms. The van der Waals surface area contributed by atoms with E-state index >= 15 is 0 Å². The van der Waals surface area contributed by atoms with Crippen LogP contribution in [0.2, 0.25) is 5.02 Å². The first kappa shape index (κ1) is 16.3. The number of fused-ring (bicyclic) bond motifs is 1. The van der Waals surface area contributed by atoms with Gasteiger partial charge < -0.3 is 10.1 Å². The summed E-state index contributed by atoms with van der Waals surface area (Å²) >= 11 is 6.10. The molecule has 0 bridgehead atoms. The molecule has 122 valence electrons. The summed E-state index contributed by atoms with van der Waals surface area (Å²) in [6.07, 6.45) is 0. The number of hydrogen-bond acceptors (Lipinski definition) is 2. The molecule has 0 aliphatic heterocycles. The summed E-state index contributed by atoms with van der Waals surface area (Å²) in [7, 11) is 1.65. The lowest BCUT2D eigenvalue weighted by atomic mass is 9.97. The minimum atomic E-state index is -0.284. The number of halogens is 1. The van der Waals surface area contributed by atoms with Crippen LogP contribution >= 0.6 is 11.6 Å². The lowest BCUT2D eigenvalue weighted by Gasteiger charge is -2.14. The molecule has 1 amide bonds. The average Bonchev–Trinajstić information content (AvgIpc) is 2.62. The molecule has 1 atom stereocenters. The number of para-hydroxylation sites is 1. The molecule has 3 aromatic rings. The zero-order chi connectivity index (χ0) is 17.1. The van der Waals surface area contributed by atoms with Gasteiger partial charge >= 0.3 is 0 Å². The van der Waals surface area contributed by atoms with Crippen molar-refractivity contribution < 1.29 is 9.53 Å². The first-order valence-electron chi connectivity index (χ1n) is 7.71. The molecule has 0 aliphatic carbocycles. The molecule has 3 nitrogen and oxygen atoms in total. The van der Waals surface area contributed by atoms with Crippen molar-refractivity contribution in [2.75, 3.05) is 12.4 Å². The van der Waals surface area contributed by atoms with Gasteiger partial charge in [-0.3, -0.25) is 4.79 Å². The summed E-state index contributed by atoms with van der Waals surface area (Å²) in [5.74, 6) is 0.448. The number of nitrogens with one attached hydrogen (secondary N) is 1. The van der Waals surface area contributed by atoms with Crippen molar-refractivity contribution in [2.24, 2.45) is 0 Å². The molecule has 3 rings (SSSR count). The Hall–Kier alpha value is -2.52. The van der Waals surface area contributed by atoms with Gasteiger partial charge in [0.25, 0.3) is 0 Å². The highest BCUT2D eigenvalue weighted by Crippen LogP contribution is 2.27. The van der Waals surface area contributed by atoms with Gasteiger partial charge in [0.2, 0.25) is 5.91 Å². The van der Waals surface area contributed by atoms with Gasteiger partial charge in [-0.15, -0.1) is 0 Å². The minimum Gasteiger partial charge on any atom is -0.497 e. The fourth-order valence-corrected chi connectivity index (χ4v) is 2.78. The Bertz CT molecular complexity index is 892. The molecule has 0 aliphatic rings. The third-order valence-corrected chi connectivity index (χ3v) is 4.43. The third-order valence-electron chi connectivity index (χ3n) is 4.10. The summed E-state index contributed by atoms with van der Waals surface area (Å²) in [5.41, 5.74) is 1.58. The normalized spacial score (nSPS) is 12.0. The Labute approximate surface area is 146 Å². The predicted molar refractivity (Wildman–Crippen MR) is 99.0 cm³/mol. The molecule has 0 saturated heterocycles. The van der Waals surface area contributed by atoms with E-state index in [9.17, 15) is 4.79 Å². The second kappa shape index (κ2) is 6.93. The van der Waals surface area contributed by atoms with Crippen LogP contribution in [0.3, 0.4) is 0 Å². The van der Waals surface area contributed by atoms with Crippen molar-refractivity contribution in [3.63, 3.8) is 0 Å². The smallest absolute Gasteiger partial charge is 0.231 e. The molecular weight excluding hydrogens is 322 g/mol. The molecule has 1 N–H and O–H groups in total. The van der Waals surface area contributed by atoms with Crippen molar-refractivity contribution in [1.29, 1.82) is 0 Å². The van der Waals surface area contributed by atoms with Crippen LogP contribution in [0.25, 0.3) is 10.8 Å². The van der Waals surface area contributed by atoms with Crippen LogP contribution in [0.4, 0.5) is 5.69 Å². The van der Waals surface area contributed by atoms with Gasteiger partial charge in [0, 0.05) is 0 Å². The molecule has 0 fully saturated rings. The number of carbonyl (C=O) groups excluding carboxylic acids is 1. The second-order valence-electron chi connectivity index (χ2n) is 5.66. The van der Waals surface area contributed by atoms with Gasteiger partial charge in [0.05, 0.1) is 23.7 Å². The largest absolute Gasteiger partial charge is 0.497 e. The van der Waals surface area contributed by atoms with Crippen LogP contribution in [-0.4, -0.2) is 13.0 Å². The van der Waals surface area contributed by atoms with E-state index in [1.54, 1.807) is 19.2 Å². The number of rotatable bonds is 4. The molecule has 0 radical (unpaired) electrons. The Morgan fingerprint density at radius 1 is 1.04 bits per heavy atom. The lowest BCUT2D eigenvalue weighted by molar-refractivity contribution is -0.117. The zero-order valence-electron chi connectivity index (χ0n) is 13.5. The fraction of sp³-hybridized carbons (Fsp3) is 0.150. The van der Waals surface area contributed by atoms with Crippen LogP contribution in [-0.2, 0) is 4.79 Å². The number of amides is 1. The average molecular weight is 340 g/mol. The van der Waals surface area contributed by atoms with E-state index in [1.807, 2.05) is 55.5 Å². The van der Waals surface area contributed by atoms with Crippen LogP contribution in [0.15, 0.2) is 60.7 Å². The van der Waals surface area contributed by atoms with Crippen molar-refractivity contribution in [3.05, 3.63) is 71.2 Å². The Balaban J connectivity index is 1.83. The minimum absolute atomic E-state index is 0.0871. The molecule has 1 unspecified atom stereocenters. The maximum atomic E-state index is 12.5. The number of carbonyl (C=O) groups is 1. The van der Waals surface area contributed by atoms with Crippen LogP contribution < -0.4 is 10.1 Å². The second-order valence-corrected chi connectivity index (χ2v) is 6.07. The summed E-state index contributed by atoms with van der Waals surface area (Å²) in [4.78, 5) is 12.5. The van der Waals surface area contributed by atoms with Gasteiger partial charge in [-0.1, -0.05) is 48.0 Å². The number of hydrogen-bond donors (Lipinski definition) is 1. The van der Waals surface area contributed by atoms with Gasteiger partial charge in [-0.25, -0.2) is 0 Å². The van der Waals surface area contributed by atoms with E-state index < -0.39 is 0 Å². The zero-order valence-corrected chi connectivity index (χ0v) is 14.3. The number of methoxy groups -OCH3 is 1. The van der Waals surface area contributed by atoms with E-state index in [0.29, 0.717) is 10.7 Å². The van der Waals surface area contributed by atoms with E-state index in [1.165, 1.54) is 0 Å². The highest BCUT2D eigenvalue weighted by atomic mass is 35.5. The predicted octanol–water partition coefficient (Wildman–Crippen LogP) is 5.24. The van der Waals surface area contributed by atoms with Crippen molar-refractivity contribution >= 4 is 34.0 Å². The first-order valence-corrected chi connectivity index (χ1v) is 8.09. The molecule has 0 spiro atoms. The van der Waals surface area contributed by atoms with Crippen LogP contribution in [0.1, 0.15) is 18.4 Å². The Kier molecular flexibility index (Phi) is 4.72. The highest BCUT2D eigenvalue weighted by Gasteiger charge is 2.16. The number of benzene rings is 3. The van der Waals surface area contributed by atoms with E-state index in [4.69, 9.17) is 16.3 Å².